The van der Waals surface area contributed by atoms with Gasteiger partial charge in [0, 0.05) is 36.8 Å². The van der Waals surface area contributed by atoms with Gasteiger partial charge >= 0.3 is 0 Å². The van der Waals surface area contributed by atoms with Crippen LogP contribution in [0.25, 0.3) is 10.9 Å². The Morgan fingerprint density at radius 1 is 1.12 bits per heavy atom. The van der Waals surface area contributed by atoms with Crippen molar-refractivity contribution in [2.24, 2.45) is 4.99 Å². The van der Waals surface area contributed by atoms with Gasteiger partial charge in [0.2, 0.25) is 0 Å². The molecule has 2 rings (SSSR count). The number of hydrogen-bond donors (Lipinski definition) is 3. The van der Waals surface area contributed by atoms with Crippen LogP contribution in [0, 0.1) is 0 Å². The van der Waals surface area contributed by atoms with Crippen molar-refractivity contribution in [3.63, 3.8) is 0 Å². The predicted octanol–water partition coefficient (Wildman–Crippen LogP) is 3.57. The standard InChI is InChI=1S/C18H27N5S.HI/c1-18(2,24-4)13-22-17(19-3)21-12-11-20-16-10-9-14-7-5-6-8-15(14)23-16;/h5-10H,11-13H2,1-4H3,(H,20,23)(H2,19,21,22);1H. The fourth-order valence-electron chi connectivity index (χ4n) is 2.13. The van der Waals surface area contributed by atoms with E-state index in [1.54, 1.807) is 7.05 Å². The Morgan fingerprint density at radius 2 is 1.88 bits per heavy atom. The van der Waals surface area contributed by atoms with Gasteiger partial charge in [-0.15, -0.1) is 24.0 Å². The summed E-state index contributed by atoms with van der Waals surface area (Å²) in [7, 11) is 1.79. The lowest BCUT2D eigenvalue weighted by molar-refractivity contribution is 0.665. The highest BCUT2D eigenvalue weighted by Gasteiger charge is 2.15. The smallest absolute Gasteiger partial charge is 0.191 e. The summed E-state index contributed by atoms with van der Waals surface area (Å²) in [5, 5.41) is 11.2. The van der Waals surface area contributed by atoms with Crippen LogP contribution < -0.4 is 16.0 Å². The Kier molecular flexibility index (Phi) is 9.34. The molecule has 1 aromatic carbocycles. The number of thioether (sulfide) groups is 1. The summed E-state index contributed by atoms with van der Waals surface area (Å²) in [6.07, 6.45) is 2.12. The van der Waals surface area contributed by atoms with Gasteiger partial charge < -0.3 is 16.0 Å². The average molecular weight is 473 g/mol. The Morgan fingerprint density at radius 3 is 2.60 bits per heavy atom. The minimum absolute atomic E-state index is 0. The molecule has 0 fully saturated rings. The molecule has 0 radical (unpaired) electrons. The van der Waals surface area contributed by atoms with E-state index >= 15 is 0 Å². The van der Waals surface area contributed by atoms with Crippen LogP contribution in [0.2, 0.25) is 0 Å². The minimum Gasteiger partial charge on any atom is -0.368 e. The molecule has 0 amide bonds. The van der Waals surface area contributed by atoms with Crippen LogP contribution in [0.1, 0.15) is 13.8 Å². The predicted molar refractivity (Wildman–Crippen MR) is 123 cm³/mol. The van der Waals surface area contributed by atoms with E-state index in [4.69, 9.17) is 0 Å². The molecule has 138 valence electrons. The van der Waals surface area contributed by atoms with Crippen LogP contribution in [0.4, 0.5) is 5.82 Å². The van der Waals surface area contributed by atoms with Crippen molar-refractivity contribution in [2.45, 2.75) is 18.6 Å². The number of guanidine groups is 1. The van der Waals surface area contributed by atoms with Gasteiger partial charge in [0.15, 0.2) is 5.96 Å². The summed E-state index contributed by atoms with van der Waals surface area (Å²) in [4.78, 5) is 8.86. The van der Waals surface area contributed by atoms with Crippen molar-refractivity contribution in [1.29, 1.82) is 0 Å². The monoisotopic (exact) mass is 473 g/mol. The number of rotatable bonds is 7. The number of pyridine rings is 1. The maximum Gasteiger partial charge on any atom is 0.191 e. The first-order valence-corrected chi connectivity index (χ1v) is 9.36. The number of hydrogen-bond acceptors (Lipinski definition) is 4. The van der Waals surface area contributed by atoms with E-state index in [1.165, 1.54) is 0 Å². The number of halogens is 1. The molecule has 5 nitrogen and oxygen atoms in total. The normalized spacial score (nSPS) is 11.8. The van der Waals surface area contributed by atoms with E-state index < -0.39 is 0 Å². The number of fused-ring (bicyclic) bond motifs is 1. The lowest BCUT2D eigenvalue weighted by atomic mass is 10.2. The first kappa shape index (κ1) is 21.8. The molecule has 1 heterocycles. The number of nitrogens with zero attached hydrogens (tertiary/aromatic N) is 2. The van der Waals surface area contributed by atoms with Gasteiger partial charge in [-0.3, -0.25) is 4.99 Å². The second-order valence-corrected chi connectivity index (χ2v) is 7.65. The van der Waals surface area contributed by atoms with E-state index in [-0.39, 0.29) is 28.7 Å². The lowest BCUT2D eigenvalue weighted by Gasteiger charge is -2.23. The molecule has 0 saturated carbocycles. The van der Waals surface area contributed by atoms with E-state index in [9.17, 15) is 0 Å². The van der Waals surface area contributed by atoms with Crippen molar-refractivity contribution in [3.05, 3.63) is 36.4 Å². The van der Waals surface area contributed by atoms with Gasteiger partial charge in [0.1, 0.15) is 5.82 Å². The van der Waals surface area contributed by atoms with Gasteiger partial charge in [-0.2, -0.15) is 11.8 Å². The third-order valence-electron chi connectivity index (χ3n) is 3.78. The Bertz CT molecular complexity index is 690. The first-order valence-electron chi connectivity index (χ1n) is 8.13. The molecule has 0 aliphatic rings. The summed E-state index contributed by atoms with van der Waals surface area (Å²) in [5.74, 6) is 1.72. The third-order valence-corrected chi connectivity index (χ3v) is 5.03. The summed E-state index contributed by atoms with van der Waals surface area (Å²) in [5.41, 5.74) is 1.01. The third kappa shape index (κ3) is 7.27. The molecule has 0 saturated heterocycles. The summed E-state index contributed by atoms with van der Waals surface area (Å²) < 4.78 is 0.185. The molecule has 0 spiro atoms. The molecular weight excluding hydrogens is 445 g/mol. The second kappa shape index (κ2) is 10.7. The number of benzene rings is 1. The molecule has 0 atom stereocenters. The Balaban J connectivity index is 0.00000312. The molecule has 0 aliphatic carbocycles. The number of nitrogens with one attached hydrogen (secondary N) is 3. The zero-order valence-electron chi connectivity index (χ0n) is 15.3. The van der Waals surface area contributed by atoms with Crippen LogP contribution in [0.15, 0.2) is 41.4 Å². The highest BCUT2D eigenvalue weighted by molar-refractivity contribution is 14.0. The maximum absolute atomic E-state index is 4.60. The molecule has 0 unspecified atom stereocenters. The van der Waals surface area contributed by atoms with Crippen LogP contribution in [-0.2, 0) is 0 Å². The Labute approximate surface area is 171 Å². The molecular formula is C18H28IN5S. The number of anilines is 1. The molecule has 3 N–H and O–H groups in total. The van der Waals surface area contributed by atoms with E-state index in [1.807, 2.05) is 36.0 Å². The number of aliphatic imine (C=N–C) groups is 1. The van der Waals surface area contributed by atoms with Gasteiger partial charge in [0.25, 0.3) is 0 Å². The summed E-state index contributed by atoms with van der Waals surface area (Å²) >= 11 is 1.84. The summed E-state index contributed by atoms with van der Waals surface area (Å²) in [6.45, 7) is 6.84. The van der Waals surface area contributed by atoms with Crippen molar-refractivity contribution in [1.82, 2.24) is 15.6 Å². The highest BCUT2D eigenvalue weighted by atomic mass is 127. The molecule has 2 aromatic rings. The van der Waals surface area contributed by atoms with Crippen molar-refractivity contribution < 1.29 is 0 Å². The van der Waals surface area contributed by atoms with Crippen LogP contribution in [0.5, 0.6) is 0 Å². The van der Waals surface area contributed by atoms with Gasteiger partial charge in [0.05, 0.1) is 5.52 Å². The molecule has 0 aliphatic heterocycles. The Hall–Kier alpha value is -1.22. The number of aromatic nitrogens is 1. The van der Waals surface area contributed by atoms with Gasteiger partial charge in [-0.05, 0) is 38.3 Å². The summed E-state index contributed by atoms with van der Waals surface area (Å²) in [6, 6.07) is 12.2. The van der Waals surface area contributed by atoms with Crippen LogP contribution >= 0.6 is 35.7 Å². The SMILES string of the molecule is CN=C(NCCNc1ccc2ccccc2n1)NCC(C)(C)SC.I. The molecule has 25 heavy (non-hydrogen) atoms. The largest absolute Gasteiger partial charge is 0.368 e. The molecule has 0 bridgehead atoms. The first-order chi connectivity index (χ1) is 11.5. The fourth-order valence-corrected chi connectivity index (χ4v) is 2.34. The lowest BCUT2D eigenvalue weighted by Crippen LogP contribution is -2.44. The van der Waals surface area contributed by atoms with Crippen LogP contribution in [-0.4, -0.2) is 48.6 Å². The average Bonchev–Trinajstić information content (AvgIpc) is 2.61. The van der Waals surface area contributed by atoms with Crippen molar-refractivity contribution in [3.8, 4) is 0 Å². The quantitative estimate of drug-likeness (QED) is 0.249. The molecule has 7 heteroatoms. The van der Waals surface area contributed by atoms with Crippen LogP contribution in [0.3, 0.4) is 0 Å². The van der Waals surface area contributed by atoms with Gasteiger partial charge in [-0.25, -0.2) is 4.98 Å². The zero-order valence-corrected chi connectivity index (χ0v) is 18.4. The second-order valence-electron chi connectivity index (χ2n) is 6.13. The van der Waals surface area contributed by atoms with Crippen molar-refractivity contribution >= 4 is 58.4 Å². The van der Waals surface area contributed by atoms with E-state index in [0.29, 0.717) is 0 Å². The van der Waals surface area contributed by atoms with E-state index in [2.05, 4.69) is 58.2 Å². The fraction of sp³-hybridized carbons (Fsp3) is 0.444. The highest BCUT2D eigenvalue weighted by Crippen LogP contribution is 2.19. The molecule has 1 aromatic heterocycles. The minimum atomic E-state index is 0. The van der Waals surface area contributed by atoms with E-state index in [0.717, 1.165) is 42.3 Å². The van der Waals surface area contributed by atoms with Gasteiger partial charge in [-0.1, -0.05) is 18.2 Å². The number of para-hydroxylation sites is 1. The topological polar surface area (TPSA) is 61.3 Å². The maximum atomic E-state index is 4.60. The van der Waals surface area contributed by atoms with Crippen molar-refractivity contribution in [2.75, 3.05) is 38.3 Å². The zero-order chi connectivity index (χ0) is 17.4.